The van der Waals surface area contributed by atoms with Crippen LogP contribution in [-0.4, -0.2) is 26.6 Å². The summed E-state index contributed by atoms with van der Waals surface area (Å²) in [4.78, 5) is 0. The Morgan fingerprint density at radius 3 is 2.62 bits per heavy atom. The molecule has 0 bridgehead atoms. The molecule has 2 heterocycles. The molecule has 0 aliphatic heterocycles. The van der Waals surface area contributed by atoms with Crippen LogP contribution in [0.1, 0.15) is 11.4 Å². The Balaban J connectivity index is 1.99. The van der Waals surface area contributed by atoms with Crippen LogP contribution in [0.4, 0.5) is 0 Å². The molecule has 86 valence electrons. The molecule has 5 heteroatoms. The second-order valence-corrected chi connectivity index (χ2v) is 3.77. The van der Waals surface area contributed by atoms with Crippen LogP contribution >= 0.6 is 0 Å². The second kappa shape index (κ2) is 4.94. The number of nitrogens with one attached hydrogen (secondary N) is 1. The molecule has 0 aliphatic rings. The van der Waals surface area contributed by atoms with Crippen molar-refractivity contribution in [2.45, 2.75) is 19.5 Å². The Morgan fingerprint density at radius 2 is 1.94 bits per heavy atom. The van der Waals surface area contributed by atoms with Gasteiger partial charge in [0.1, 0.15) is 0 Å². The van der Waals surface area contributed by atoms with Gasteiger partial charge in [-0.15, -0.1) is 0 Å². The molecule has 0 aliphatic carbocycles. The average molecular weight is 219 g/mol. The maximum Gasteiger partial charge on any atom is 0.0522 e. The van der Waals surface area contributed by atoms with Gasteiger partial charge in [-0.3, -0.25) is 9.36 Å². The molecule has 0 fully saturated rings. The van der Waals surface area contributed by atoms with E-state index in [0.29, 0.717) is 0 Å². The monoisotopic (exact) mass is 219 g/mol. The van der Waals surface area contributed by atoms with Crippen molar-refractivity contribution >= 4 is 0 Å². The largest absolute Gasteiger partial charge is 0.314 e. The summed E-state index contributed by atoms with van der Waals surface area (Å²) in [5.41, 5.74) is 2.44. The third-order valence-corrected chi connectivity index (χ3v) is 2.66. The number of nitrogens with zero attached hydrogens (tertiary/aromatic N) is 4. The van der Waals surface area contributed by atoms with Crippen LogP contribution < -0.4 is 5.32 Å². The molecule has 0 aromatic carbocycles. The Kier molecular flexibility index (Phi) is 3.36. The van der Waals surface area contributed by atoms with Crippen molar-refractivity contribution in [1.29, 1.82) is 0 Å². The number of aryl methyl sites for hydroxylation is 3. The molecular formula is C11H17N5. The van der Waals surface area contributed by atoms with E-state index in [1.54, 1.807) is 0 Å². The van der Waals surface area contributed by atoms with Gasteiger partial charge < -0.3 is 5.32 Å². The Hall–Kier alpha value is -1.62. The lowest BCUT2D eigenvalue weighted by Gasteiger charge is -2.07. The highest BCUT2D eigenvalue weighted by Crippen LogP contribution is 2.03. The third-order valence-electron chi connectivity index (χ3n) is 2.66. The minimum Gasteiger partial charge on any atom is -0.314 e. The van der Waals surface area contributed by atoms with Crippen molar-refractivity contribution in [2.24, 2.45) is 7.05 Å². The average Bonchev–Trinajstić information content (AvgIpc) is 2.86. The lowest BCUT2D eigenvalue weighted by atomic mass is 10.3. The number of hydrogen-bond acceptors (Lipinski definition) is 3. The van der Waals surface area contributed by atoms with Crippen LogP contribution in [0.2, 0.25) is 0 Å². The van der Waals surface area contributed by atoms with E-state index in [4.69, 9.17) is 0 Å². The topological polar surface area (TPSA) is 47.7 Å². The molecule has 1 N–H and O–H groups in total. The first-order valence-corrected chi connectivity index (χ1v) is 5.43. The molecule has 2 aromatic heterocycles. The molecule has 16 heavy (non-hydrogen) atoms. The van der Waals surface area contributed by atoms with Gasteiger partial charge in [0.05, 0.1) is 5.69 Å². The first-order valence-electron chi connectivity index (χ1n) is 5.43. The Bertz CT molecular complexity index is 443. The van der Waals surface area contributed by atoms with Crippen LogP contribution in [0.3, 0.4) is 0 Å². The summed E-state index contributed by atoms with van der Waals surface area (Å²) in [7, 11) is 3.91. The van der Waals surface area contributed by atoms with E-state index < -0.39 is 0 Å². The van der Waals surface area contributed by atoms with Gasteiger partial charge in [-0.05, 0) is 19.2 Å². The molecule has 0 unspecified atom stereocenters. The summed E-state index contributed by atoms with van der Waals surface area (Å²) in [6.45, 7) is 1.74. The lowest BCUT2D eigenvalue weighted by Crippen LogP contribution is -2.14. The van der Waals surface area contributed by atoms with Gasteiger partial charge in [-0.1, -0.05) is 0 Å². The maximum atomic E-state index is 4.31. The van der Waals surface area contributed by atoms with Crippen molar-refractivity contribution < 1.29 is 0 Å². The normalized spacial score (nSPS) is 10.9. The summed E-state index contributed by atoms with van der Waals surface area (Å²) in [5, 5.41) is 11.6. The number of hydrogen-bond donors (Lipinski definition) is 1. The molecular weight excluding hydrogens is 202 g/mol. The molecule has 0 saturated carbocycles. The molecule has 5 nitrogen and oxygen atoms in total. The van der Waals surface area contributed by atoms with Crippen molar-refractivity contribution in [3.05, 3.63) is 35.9 Å². The molecule has 0 saturated heterocycles. The van der Waals surface area contributed by atoms with Crippen LogP contribution in [0.15, 0.2) is 24.5 Å². The van der Waals surface area contributed by atoms with Crippen LogP contribution in [0.5, 0.6) is 0 Å². The van der Waals surface area contributed by atoms with Crippen LogP contribution in [0.25, 0.3) is 0 Å². The van der Waals surface area contributed by atoms with Crippen LogP contribution in [-0.2, 0) is 26.6 Å². The third kappa shape index (κ3) is 2.30. The summed E-state index contributed by atoms with van der Waals surface area (Å²) >= 11 is 0. The predicted octanol–water partition coefficient (Wildman–Crippen LogP) is 0.579. The van der Waals surface area contributed by atoms with E-state index in [2.05, 4.69) is 15.5 Å². The summed E-state index contributed by atoms with van der Waals surface area (Å²) < 4.78 is 3.94. The summed E-state index contributed by atoms with van der Waals surface area (Å²) in [6.07, 6.45) is 4.62. The number of aromatic nitrogens is 4. The summed E-state index contributed by atoms with van der Waals surface area (Å²) in [5.74, 6) is 0. The van der Waals surface area contributed by atoms with Gasteiger partial charge >= 0.3 is 0 Å². The van der Waals surface area contributed by atoms with Crippen molar-refractivity contribution in [2.75, 3.05) is 7.05 Å². The second-order valence-electron chi connectivity index (χ2n) is 3.77. The van der Waals surface area contributed by atoms with Crippen LogP contribution in [0, 0.1) is 0 Å². The van der Waals surface area contributed by atoms with Crippen molar-refractivity contribution in [1.82, 2.24) is 24.9 Å². The van der Waals surface area contributed by atoms with Gasteiger partial charge in [-0.2, -0.15) is 10.2 Å². The fourth-order valence-electron chi connectivity index (χ4n) is 1.76. The zero-order chi connectivity index (χ0) is 11.4. The molecule has 2 rings (SSSR count). The quantitative estimate of drug-likeness (QED) is 0.800. The molecule has 0 radical (unpaired) electrons. The van der Waals surface area contributed by atoms with Gasteiger partial charge in [-0.25, -0.2) is 0 Å². The van der Waals surface area contributed by atoms with E-state index in [0.717, 1.165) is 19.5 Å². The zero-order valence-electron chi connectivity index (χ0n) is 9.72. The highest BCUT2D eigenvalue weighted by molar-refractivity contribution is 5.03. The smallest absolute Gasteiger partial charge is 0.0522 e. The zero-order valence-corrected chi connectivity index (χ0v) is 9.72. The fourth-order valence-corrected chi connectivity index (χ4v) is 1.76. The summed E-state index contributed by atoms with van der Waals surface area (Å²) in [6, 6.07) is 4.08. The fraction of sp³-hybridized carbons (Fsp3) is 0.455. The Morgan fingerprint density at radius 1 is 1.19 bits per heavy atom. The minimum absolute atomic E-state index is 0.853. The maximum absolute atomic E-state index is 4.31. The minimum atomic E-state index is 0.853. The highest BCUT2D eigenvalue weighted by Gasteiger charge is 2.03. The van der Waals surface area contributed by atoms with Gasteiger partial charge in [0.25, 0.3) is 0 Å². The Labute approximate surface area is 95.1 Å². The SMILES string of the molecule is CNCc1ccnn1CCc1ccnn1C. The predicted molar refractivity (Wildman–Crippen MR) is 61.9 cm³/mol. The lowest BCUT2D eigenvalue weighted by molar-refractivity contribution is 0.554. The molecule has 2 aromatic rings. The first-order chi connectivity index (χ1) is 7.81. The van der Waals surface area contributed by atoms with Crippen molar-refractivity contribution in [3.8, 4) is 0 Å². The molecule has 0 spiro atoms. The van der Waals surface area contributed by atoms with E-state index in [1.165, 1.54) is 11.4 Å². The van der Waals surface area contributed by atoms with Crippen molar-refractivity contribution in [3.63, 3.8) is 0 Å². The van der Waals surface area contributed by atoms with E-state index >= 15 is 0 Å². The van der Waals surface area contributed by atoms with Gasteiger partial charge in [0.15, 0.2) is 0 Å². The highest BCUT2D eigenvalue weighted by atomic mass is 15.3. The first kappa shape index (κ1) is 10.9. The molecule has 0 amide bonds. The number of rotatable bonds is 5. The molecule has 0 atom stereocenters. The van der Waals surface area contributed by atoms with E-state index in [9.17, 15) is 0 Å². The van der Waals surface area contributed by atoms with E-state index in [1.807, 2.05) is 48.0 Å². The standard InChI is InChI=1S/C11H17N5/c1-12-9-11-4-7-14-16(11)8-5-10-3-6-13-15(10)2/h3-4,6-7,12H,5,8-9H2,1-2H3. The van der Waals surface area contributed by atoms with E-state index in [-0.39, 0.29) is 0 Å². The van der Waals surface area contributed by atoms with Gasteiger partial charge in [0.2, 0.25) is 0 Å². The van der Waals surface area contributed by atoms with Gasteiger partial charge in [0, 0.05) is 44.6 Å².